The lowest BCUT2D eigenvalue weighted by Crippen LogP contribution is -1.95. The van der Waals surface area contributed by atoms with Crippen molar-refractivity contribution in [2.24, 2.45) is 0 Å². The maximum atomic E-state index is 11.9. The predicted molar refractivity (Wildman–Crippen MR) is 70.6 cm³/mol. The minimum absolute atomic E-state index is 0.210. The lowest BCUT2D eigenvalue weighted by atomic mass is 10.1. The quantitative estimate of drug-likeness (QED) is 0.592. The van der Waals surface area contributed by atoms with Crippen LogP contribution in [0.25, 0.3) is 0 Å². The molecule has 0 saturated heterocycles. The monoisotopic (exact) mass is 236 g/mol. The van der Waals surface area contributed by atoms with Crippen molar-refractivity contribution in [1.82, 2.24) is 0 Å². The number of benzene rings is 2. The topological polar surface area (TPSA) is 26.3 Å². The van der Waals surface area contributed by atoms with Gasteiger partial charge in [-0.05, 0) is 30.2 Å². The second kappa shape index (κ2) is 5.70. The molecule has 0 saturated carbocycles. The predicted octanol–water partition coefficient (Wildman–Crippen LogP) is 2.93. The van der Waals surface area contributed by atoms with Crippen LogP contribution >= 0.6 is 0 Å². The minimum Gasteiger partial charge on any atom is -0.497 e. The Morgan fingerprint density at radius 1 is 1.06 bits per heavy atom. The Morgan fingerprint density at radius 2 is 1.83 bits per heavy atom. The van der Waals surface area contributed by atoms with E-state index in [1.165, 1.54) is 0 Å². The molecule has 2 heteroatoms. The highest BCUT2D eigenvalue weighted by Gasteiger charge is 2.02. The summed E-state index contributed by atoms with van der Waals surface area (Å²) in [6, 6.07) is 16.4. The first-order valence-electron chi connectivity index (χ1n) is 5.55. The molecule has 0 aromatic heterocycles. The number of hydrogen-bond acceptors (Lipinski definition) is 2. The van der Waals surface area contributed by atoms with Crippen molar-refractivity contribution in [3.8, 4) is 17.6 Å². The van der Waals surface area contributed by atoms with Gasteiger partial charge in [-0.3, -0.25) is 4.79 Å². The van der Waals surface area contributed by atoms with Crippen molar-refractivity contribution < 1.29 is 9.53 Å². The Hall–Kier alpha value is -2.53. The molecule has 18 heavy (non-hydrogen) atoms. The van der Waals surface area contributed by atoms with Crippen molar-refractivity contribution in [3.05, 3.63) is 65.7 Å². The van der Waals surface area contributed by atoms with Gasteiger partial charge in [-0.1, -0.05) is 36.3 Å². The van der Waals surface area contributed by atoms with Crippen LogP contribution in [0.15, 0.2) is 54.6 Å². The highest BCUT2D eigenvalue weighted by Crippen LogP contribution is 2.12. The number of rotatable bonds is 2. The molecule has 0 fully saturated rings. The summed E-state index contributed by atoms with van der Waals surface area (Å²) in [4.78, 5) is 11.9. The summed E-state index contributed by atoms with van der Waals surface area (Å²) in [6.45, 7) is 0. The average Bonchev–Trinajstić information content (AvgIpc) is 2.46. The van der Waals surface area contributed by atoms with Crippen LogP contribution in [0, 0.1) is 11.8 Å². The van der Waals surface area contributed by atoms with E-state index < -0.39 is 0 Å². The van der Waals surface area contributed by atoms with Crippen LogP contribution in [0.1, 0.15) is 15.9 Å². The van der Waals surface area contributed by atoms with Crippen LogP contribution in [0.3, 0.4) is 0 Å². The second-order valence-electron chi connectivity index (χ2n) is 3.68. The van der Waals surface area contributed by atoms with Gasteiger partial charge in [0.25, 0.3) is 0 Å². The third kappa shape index (κ3) is 2.99. The lowest BCUT2D eigenvalue weighted by molar-refractivity contribution is 0.105. The van der Waals surface area contributed by atoms with Crippen LogP contribution < -0.4 is 4.74 Å². The molecule has 0 bridgehead atoms. The zero-order chi connectivity index (χ0) is 12.8. The SMILES string of the molecule is COc1cccc(C(=O)C#Cc2ccccc2)c1. The van der Waals surface area contributed by atoms with E-state index >= 15 is 0 Å². The van der Waals surface area contributed by atoms with Crippen molar-refractivity contribution >= 4 is 5.78 Å². The Morgan fingerprint density at radius 3 is 2.56 bits per heavy atom. The maximum absolute atomic E-state index is 11.9. The van der Waals surface area contributed by atoms with E-state index in [1.54, 1.807) is 31.4 Å². The standard InChI is InChI=1S/C16H12O2/c1-18-15-9-5-8-14(12-15)16(17)11-10-13-6-3-2-4-7-13/h2-9,12H,1H3. The Balaban J connectivity index is 2.20. The van der Waals surface area contributed by atoms with Crippen LogP contribution in [0.4, 0.5) is 0 Å². The summed E-state index contributed by atoms with van der Waals surface area (Å²) >= 11 is 0. The molecule has 2 nitrogen and oxygen atoms in total. The number of Topliss-reactive ketones (excluding diaryl/α,β-unsaturated/α-hetero) is 1. The van der Waals surface area contributed by atoms with Crippen LogP contribution in [-0.4, -0.2) is 12.9 Å². The molecular weight excluding hydrogens is 224 g/mol. The van der Waals surface area contributed by atoms with Crippen LogP contribution in [-0.2, 0) is 0 Å². The van der Waals surface area contributed by atoms with E-state index in [4.69, 9.17) is 4.74 Å². The van der Waals surface area contributed by atoms with E-state index in [-0.39, 0.29) is 5.78 Å². The largest absolute Gasteiger partial charge is 0.497 e. The Labute approximate surface area is 106 Å². The summed E-state index contributed by atoms with van der Waals surface area (Å²) in [5, 5.41) is 0. The van der Waals surface area contributed by atoms with Gasteiger partial charge in [-0.25, -0.2) is 0 Å². The van der Waals surface area contributed by atoms with Crippen molar-refractivity contribution in [3.63, 3.8) is 0 Å². The molecule has 0 radical (unpaired) electrons. The molecule has 2 aromatic carbocycles. The molecular formula is C16H12O2. The Bertz CT molecular complexity index is 604. The third-order valence-electron chi connectivity index (χ3n) is 2.43. The van der Waals surface area contributed by atoms with Gasteiger partial charge >= 0.3 is 0 Å². The zero-order valence-corrected chi connectivity index (χ0v) is 10.0. The minimum atomic E-state index is -0.210. The van der Waals surface area contributed by atoms with Crippen LogP contribution in [0.2, 0.25) is 0 Å². The molecule has 0 heterocycles. The van der Waals surface area contributed by atoms with Gasteiger partial charge in [-0.2, -0.15) is 0 Å². The van der Waals surface area contributed by atoms with Gasteiger partial charge in [-0.15, -0.1) is 0 Å². The fraction of sp³-hybridized carbons (Fsp3) is 0.0625. The molecule has 0 spiro atoms. The highest BCUT2D eigenvalue weighted by molar-refractivity contribution is 6.09. The molecule has 0 N–H and O–H groups in total. The summed E-state index contributed by atoms with van der Waals surface area (Å²) in [7, 11) is 1.57. The molecule has 0 aliphatic carbocycles. The van der Waals surface area contributed by atoms with E-state index in [9.17, 15) is 4.79 Å². The molecule has 88 valence electrons. The lowest BCUT2D eigenvalue weighted by Gasteiger charge is -1.99. The molecule has 0 unspecified atom stereocenters. The summed E-state index contributed by atoms with van der Waals surface area (Å²) in [5.41, 5.74) is 1.37. The van der Waals surface area contributed by atoms with Crippen molar-refractivity contribution in [2.75, 3.05) is 7.11 Å². The number of methoxy groups -OCH3 is 1. The second-order valence-corrected chi connectivity index (χ2v) is 3.68. The van der Waals surface area contributed by atoms with E-state index in [1.807, 2.05) is 30.3 Å². The van der Waals surface area contributed by atoms with Gasteiger partial charge in [0.1, 0.15) is 5.75 Å². The fourth-order valence-corrected chi connectivity index (χ4v) is 1.49. The van der Waals surface area contributed by atoms with Gasteiger partial charge < -0.3 is 4.74 Å². The fourth-order valence-electron chi connectivity index (χ4n) is 1.49. The normalized spacial score (nSPS) is 9.17. The molecule has 0 aliphatic heterocycles. The van der Waals surface area contributed by atoms with Gasteiger partial charge in [0.15, 0.2) is 0 Å². The molecule has 0 amide bonds. The smallest absolute Gasteiger partial charge is 0.236 e. The van der Waals surface area contributed by atoms with E-state index in [0.717, 1.165) is 5.56 Å². The molecule has 2 aromatic rings. The van der Waals surface area contributed by atoms with Gasteiger partial charge in [0, 0.05) is 11.1 Å². The van der Waals surface area contributed by atoms with Crippen molar-refractivity contribution in [1.29, 1.82) is 0 Å². The first-order chi connectivity index (χ1) is 8.79. The van der Waals surface area contributed by atoms with E-state index in [0.29, 0.717) is 11.3 Å². The van der Waals surface area contributed by atoms with Gasteiger partial charge in [0.2, 0.25) is 5.78 Å². The van der Waals surface area contributed by atoms with E-state index in [2.05, 4.69) is 11.8 Å². The number of carbonyl (C=O) groups excluding carboxylic acids is 1. The molecule has 0 atom stereocenters. The van der Waals surface area contributed by atoms with Gasteiger partial charge in [0.05, 0.1) is 7.11 Å². The maximum Gasteiger partial charge on any atom is 0.236 e. The summed E-state index contributed by atoms with van der Waals surface area (Å²) in [5.74, 6) is 5.91. The first kappa shape index (κ1) is 11.9. The van der Waals surface area contributed by atoms with Crippen molar-refractivity contribution in [2.45, 2.75) is 0 Å². The number of hydrogen-bond donors (Lipinski definition) is 0. The summed E-state index contributed by atoms with van der Waals surface area (Å²) in [6.07, 6.45) is 0. The number of ketones is 1. The number of carbonyl (C=O) groups is 1. The summed E-state index contributed by atoms with van der Waals surface area (Å²) < 4.78 is 5.07. The number of ether oxygens (including phenoxy) is 1. The third-order valence-corrected chi connectivity index (χ3v) is 2.43. The molecule has 0 aliphatic rings. The Kier molecular flexibility index (Phi) is 3.78. The van der Waals surface area contributed by atoms with Crippen LogP contribution in [0.5, 0.6) is 5.75 Å². The first-order valence-corrected chi connectivity index (χ1v) is 5.55. The zero-order valence-electron chi connectivity index (χ0n) is 10.0. The average molecular weight is 236 g/mol. The molecule has 2 rings (SSSR count). The highest BCUT2D eigenvalue weighted by atomic mass is 16.5.